The van der Waals surface area contributed by atoms with Gasteiger partial charge in [0, 0.05) is 0 Å². The second kappa shape index (κ2) is 4.65. The molecule has 0 unspecified atom stereocenters. The van der Waals surface area contributed by atoms with Crippen LogP contribution in [-0.4, -0.2) is 30.4 Å². The lowest BCUT2D eigenvalue weighted by Crippen LogP contribution is -2.51. The fourth-order valence-corrected chi connectivity index (χ4v) is 5.36. The zero-order valence-corrected chi connectivity index (χ0v) is 14.0. The van der Waals surface area contributed by atoms with Crippen molar-refractivity contribution in [3.63, 3.8) is 0 Å². The number of aliphatic hydroxyl groups excluding tert-OH is 1. The van der Waals surface area contributed by atoms with Crippen molar-refractivity contribution < 1.29 is 9.53 Å². The molecule has 0 aromatic carbocycles. The van der Waals surface area contributed by atoms with Gasteiger partial charge in [0.1, 0.15) is 0 Å². The number of rotatable bonds is 2. The van der Waals surface area contributed by atoms with Crippen LogP contribution >= 0.6 is 11.8 Å². The maximum absolute atomic E-state index is 10.3. The molecule has 0 aromatic heterocycles. The molecule has 1 heterocycles. The summed E-state index contributed by atoms with van der Waals surface area (Å²) in [5, 5.41) is 12.6. The molecule has 1 spiro atoms. The summed E-state index contributed by atoms with van der Waals surface area (Å²) in [6.07, 6.45) is 5.15. The van der Waals surface area contributed by atoms with Crippen molar-refractivity contribution in [2.24, 2.45) is 0 Å². The Morgan fingerprint density at radius 2 is 2.06 bits per heavy atom. The summed E-state index contributed by atoms with van der Waals surface area (Å²) in [4.78, 5) is 0. The van der Waals surface area contributed by atoms with Crippen LogP contribution in [0, 0.1) is 0 Å². The molecular weight excluding hydrogens is 260 g/mol. The van der Waals surface area contributed by atoms with E-state index in [4.69, 9.17) is 4.43 Å². The normalized spacial score (nSPS) is 36.8. The van der Waals surface area contributed by atoms with E-state index in [0.29, 0.717) is 0 Å². The number of aliphatic hydroxyl groups is 1. The monoisotopic (exact) mass is 286 g/mol. The van der Waals surface area contributed by atoms with Gasteiger partial charge in [-0.3, -0.25) is 0 Å². The van der Waals surface area contributed by atoms with Crippen LogP contribution in [0.5, 0.6) is 0 Å². The third-order valence-electron chi connectivity index (χ3n) is 4.87. The molecule has 0 radical (unpaired) electrons. The van der Waals surface area contributed by atoms with Crippen molar-refractivity contribution in [1.82, 2.24) is 0 Å². The molecule has 1 fully saturated rings. The molecule has 104 valence electrons. The first-order chi connectivity index (χ1) is 8.19. The third-order valence-corrected chi connectivity index (χ3v) is 10.8. The van der Waals surface area contributed by atoms with Gasteiger partial charge in [0.25, 0.3) is 0 Å². The molecule has 0 amide bonds. The van der Waals surface area contributed by atoms with Crippen molar-refractivity contribution >= 4 is 20.1 Å². The Labute approximate surface area is 116 Å². The third kappa shape index (κ3) is 2.33. The Morgan fingerprint density at radius 3 is 2.56 bits per heavy atom. The average Bonchev–Trinajstić information content (AvgIpc) is 2.76. The predicted octanol–water partition coefficient (Wildman–Crippen LogP) is 3.92. The second-order valence-corrected chi connectivity index (χ2v) is 13.1. The molecule has 1 N–H and O–H groups in total. The highest BCUT2D eigenvalue weighted by molar-refractivity contribution is 8.03. The second-order valence-electron chi connectivity index (χ2n) is 7.11. The first-order valence-corrected chi connectivity index (χ1v) is 10.7. The van der Waals surface area contributed by atoms with Crippen LogP contribution in [0.1, 0.15) is 40.0 Å². The maximum atomic E-state index is 10.3. The van der Waals surface area contributed by atoms with Crippen LogP contribution in [-0.2, 0) is 4.43 Å². The molecule has 0 bridgehead atoms. The van der Waals surface area contributed by atoms with E-state index in [9.17, 15) is 5.11 Å². The van der Waals surface area contributed by atoms with E-state index in [1.165, 1.54) is 6.42 Å². The highest BCUT2D eigenvalue weighted by atomic mass is 32.2. The fourth-order valence-electron chi connectivity index (χ4n) is 2.61. The molecule has 0 saturated heterocycles. The quantitative estimate of drug-likeness (QED) is 0.780. The van der Waals surface area contributed by atoms with E-state index >= 15 is 0 Å². The summed E-state index contributed by atoms with van der Waals surface area (Å²) < 4.78 is 6.50. The van der Waals surface area contributed by atoms with Crippen LogP contribution in [0.3, 0.4) is 0 Å². The van der Waals surface area contributed by atoms with Crippen LogP contribution in [0.15, 0.2) is 11.5 Å². The largest absolute Gasteiger partial charge is 0.412 e. The zero-order valence-electron chi connectivity index (χ0n) is 12.2. The van der Waals surface area contributed by atoms with Gasteiger partial charge < -0.3 is 9.53 Å². The lowest BCUT2D eigenvalue weighted by atomic mass is 9.98. The van der Waals surface area contributed by atoms with Crippen LogP contribution in [0.4, 0.5) is 0 Å². The van der Waals surface area contributed by atoms with E-state index in [1.807, 2.05) is 6.08 Å². The SMILES string of the molecule is CC(C)(C)[Si](C)(C)O[C@H]1CCC[C@]12SC=C[C@@H]2O. The minimum Gasteiger partial charge on any atom is -0.412 e. The summed E-state index contributed by atoms with van der Waals surface area (Å²) in [7, 11) is -1.75. The van der Waals surface area contributed by atoms with E-state index in [-0.39, 0.29) is 22.0 Å². The minimum atomic E-state index is -1.75. The summed E-state index contributed by atoms with van der Waals surface area (Å²) >= 11 is 1.79. The van der Waals surface area contributed by atoms with Gasteiger partial charge >= 0.3 is 0 Å². The first kappa shape index (κ1) is 14.6. The van der Waals surface area contributed by atoms with Crippen molar-refractivity contribution in [2.45, 2.75) is 75.1 Å². The Hall–Kier alpha value is 0.227. The molecule has 4 heteroatoms. The van der Waals surface area contributed by atoms with Gasteiger partial charge in [-0.05, 0) is 48.9 Å². The topological polar surface area (TPSA) is 29.5 Å². The highest BCUT2D eigenvalue weighted by Gasteiger charge is 2.53. The first-order valence-electron chi connectivity index (χ1n) is 6.89. The smallest absolute Gasteiger partial charge is 0.192 e. The predicted molar refractivity (Wildman–Crippen MR) is 81.4 cm³/mol. The maximum Gasteiger partial charge on any atom is 0.192 e. The molecule has 2 rings (SSSR count). The molecule has 18 heavy (non-hydrogen) atoms. The highest BCUT2D eigenvalue weighted by Crippen LogP contribution is 2.52. The lowest BCUT2D eigenvalue weighted by Gasteiger charge is -2.43. The fraction of sp³-hybridized carbons (Fsp3) is 0.857. The molecular formula is C14H26O2SSi. The Kier molecular flexibility index (Phi) is 3.78. The summed E-state index contributed by atoms with van der Waals surface area (Å²) in [6.45, 7) is 11.4. The van der Waals surface area contributed by atoms with Crippen LogP contribution < -0.4 is 0 Å². The Balaban J connectivity index is 2.15. The zero-order chi connectivity index (χ0) is 13.6. The summed E-state index contributed by atoms with van der Waals surface area (Å²) in [6, 6.07) is 0. The van der Waals surface area contributed by atoms with Gasteiger partial charge in [-0.1, -0.05) is 20.8 Å². The Morgan fingerprint density at radius 1 is 1.39 bits per heavy atom. The number of hydrogen-bond acceptors (Lipinski definition) is 3. The van der Waals surface area contributed by atoms with E-state index in [0.717, 1.165) is 12.8 Å². The van der Waals surface area contributed by atoms with E-state index < -0.39 is 8.32 Å². The van der Waals surface area contributed by atoms with Crippen LogP contribution in [0.2, 0.25) is 18.1 Å². The van der Waals surface area contributed by atoms with Gasteiger partial charge in [0.05, 0.1) is 17.0 Å². The van der Waals surface area contributed by atoms with Gasteiger partial charge in [-0.15, -0.1) is 11.8 Å². The molecule has 1 aliphatic heterocycles. The van der Waals surface area contributed by atoms with Gasteiger partial charge in [0.2, 0.25) is 0 Å². The standard InChI is InChI=1S/C14H26O2SSi/c1-13(2,3)18(4,5)16-12-7-6-9-14(12)11(15)8-10-17-14/h8,10-12,15H,6-7,9H2,1-5H3/t11-,12-,14+/m0/s1. The number of hydrogen-bond donors (Lipinski definition) is 1. The van der Waals surface area contributed by atoms with Gasteiger partial charge in [-0.25, -0.2) is 0 Å². The summed E-state index contributed by atoms with van der Waals surface area (Å²) in [5.41, 5.74) is 0. The minimum absolute atomic E-state index is 0.0878. The molecule has 2 nitrogen and oxygen atoms in total. The summed E-state index contributed by atoms with van der Waals surface area (Å²) in [5.74, 6) is 0. The van der Waals surface area contributed by atoms with Gasteiger partial charge in [-0.2, -0.15) is 0 Å². The van der Waals surface area contributed by atoms with Crippen molar-refractivity contribution in [1.29, 1.82) is 0 Å². The van der Waals surface area contributed by atoms with Crippen molar-refractivity contribution in [2.75, 3.05) is 0 Å². The average molecular weight is 287 g/mol. The molecule has 2 aliphatic rings. The number of thioether (sulfide) groups is 1. The molecule has 1 saturated carbocycles. The van der Waals surface area contributed by atoms with E-state index in [2.05, 4.69) is 39.3 Å². The molecule has 3 atom stereocenters. The van der Waals surface area contributed by atoms with Crippen LogP contribution in [0.25, 0.3) is 0 Å². The van der Waals surface area contributed by atoms with Gasteiger partial charge in [0.15, 0.2) is 8.32 Å². The lowest BCUT2D eigenvalue weighted by molar-refractivity contribution is 0.0871. The van der Waals surface area contributed by atoms with E-state index in [1.54, 1.807) is 11.8 Å². The Bertz CT molecular complexity index is 348. The van der Waals surface area contributed by atoms with Crippen molar-refractivity contribution in [3.8, 4) is 0 Å². The molecule has 0 aromatic rings. The van der Waals surface area contributed by atoms with Crippen molar-refractivity contribution in [3.05, 3.63) is 11.5 Å². The molecule has 1 aliphatic carbocycles.